The van der Waals surface area contributed by atoms with Crippen molar-refractivity contribution in [3.8, 4) is 6.01 Å². The molecule has 1 aromatic carbocycles. The van der Waals surface area contributed by atoms with Crippen LogP contribution in [0.15, 0.2) is 12.1 Å². The number of nitrogens with zero attached hydrogens (tertiary/aromatic N) is 7. The Morgan fingerprint density at radius 3 is 2.60 bits per heavy atom. The number of carbonyl (C=O) groups is 1. The Bertz CT molecular complexity index is 1680. The highest BCUT2D eigenvalue weighted by Gasteiger charge is 2.35. The zero-order valence-corrected chi connectivity index (χ0v) is 29.3. The third kappa shape index (κ3) is 8.40. The van der Waals surface area contributed by atoms with Gasteiger partial charge in [-0.05, 0) is 56.8 Å². The van der Waals surface area contributed by atoms with Crippen LogP contribution < -0.4 is 15.4 Å². The van der Waals surface area contributed by atoms with Crippen molar-refractivity contribution >= 4 is 29.0 Å². The SMILES string of the molecule is COc1nc2c(c(N3CCCn4nc(C(=O)N(C)C)c(Cl)c4C3)n1)COCC2.Cc1cc(N)c(F)cc1C(F)(F)F.FC1CC2CCCN2C1. The zero-order valence-electron chi connectivity index (χ0n) is 28.5. The highest BCUT2D eigenvalue weighted by molar-refractivity contribution is 6.34. The summed E-state index contributed by atoms with van der Waals surface area (Å²) in [5, 5.41) is 4.87. The third-order valence-corrected chi connectivity index (χ3v) is 9.51. The molecule has 4 aliphatic rings. The van der Waals surface area contributed by atoms with Crippen molar-refractivity contribution in [2.45, 2.75) is 77.1 Å². The topological polar surface area (TPSA) is 115 Å². The van der Waals surface area contributed by atoms with Crippen LogP contribution in [0.5, 0.6) is 6.01 Å². The molecule has 0 saturated carbocycles. The number of benzene rings is 1. The molecule has 0 bridgehead atoms. The van der Waals surface area contributed by atoms with Gasteiger partial charge in [-0.1, -0.05) is 11.6 Å². The van der Waals surface area contributed by atoms with Gasteiger partial charge in [0.05, 0.1) is 54.5 Å². The molecule has 2 fully saturated rings. The maximum atomic E-state index is 12.7. The number of halogens is 6. The minimum absolute atomic E-state index is 0.0774. The standard InChI is InChI=1S/C18H23ClN6O3.C8H7F4N.C7H12FN/c1-23(2)17(26)15-14(19)13-9-24(6-4-7-25(13)22-15)16-11-10-28-8-5-12(11)20-18(21-16)27-3;1-4-2-7(13)6(9)3-5(4)8(10,11)12;8-6-4-7-2-1-3-9(7)5-6/h4-10H2,1-3H3;2-3H,13H2,1H3;6-7H,1-5H2. The lowest BCUT2D eigenvalue weighted by Crippen LogP contribution is -2.28. The van der Waals surface area contributed by atoms with Crippen LogP contribution >= 0.6 is 11.6 Å². The van der Waals surface area contributed by atoms with Gasteiger partial charge in [0.1, 0.15) is 17.8 Å². The molecule has 0 spiro atoms. The predicted molar refractivity (Wildman–Crippen MR) is 178 cm³/mol. The van der Waals surface area contributed by atoms with Crippen molar-refractivity contribution < 1.29 is 36.2 Å². The van der Waals surface area contributed by atoms with E-state index in [1.165, 1.54) is 24.7 Å². The molecule has 2 unspecified atom stereocenters. The average Bonchev–Trinajstić information content (AvgIpc) is 3.69. The van der Waals surface area contributed by atoms with Gasteiger partial charge >= 0.3 is 12.2 Å². The van der Waals surface area contributed by atoms with Crippen LogP contribution in [0, 0.1) is 12.7 Å². The number of alkyl halides is 4. The molecule has 1 amide bonds. The summed E-state index contributed by atoms with van der Waals surface area (Å²) in [7, 11) is 4.95. The van der Waals surface area contributed by atoms with E-state index < -0.39 is 23.7 Å². The highest BCUT2D eigenvalue weighted by Crippen LogP contribution is 2.34. The number of methoxy groups -OCH3 is 1. The number of aromatic nitrogens is 4. The van der Waals surface area contributed by atoms with Gasteiger partial charge in [-0.15, -0.1) is 0 Å². The lowest BCUT2D eigenvalue weighted by atomic mass is 10.1. The van der Waals surface area contributed by atoms with E-state index in [9.17, 15) is 26.7 Å². The van der Waals surface area contributed by atoms with Crippen LogP contribution in [0.3, 0.4) is 0 Å². The summed E-state index contributed by atoms with van der Waals surface area (Å²) in [4.78, 5) is 27.4. The number of nitrogen functional groups attached to an aromatic ring is 1. The molecule has 0 radical (unpaired) electrons. The fourth-order valence-corrected chi connectivity index (χ4v) is 6.87. The van der Waals surface area contributed by atoms with Gasteiger partial charge < -0.3 is 25.0 Å². The van der Waals surface area contributed by atoms with E-state index in [2.05, 4.69) is 24.9 Å². The van der Waals surface area contributed by atoms with Crippen molar-refractivity contribution in [1.82, 2.24) is 29.5 Å². The number of ether oxygens (including phenoxy) is 2. The average molecular weight is 729 g/mol. The lowest BCUT2D eigenvalue weighted by molar-refractivity contribution is -0.138. The Hall–Kier alpha value is -3.76. The zero-order chi connectivity index (χ0) is 36.3. The van der Waals surface area contributed by atoms with Crippen molar-refractivity contribution in [3.63, 3.8) is 0 Å². The number of hydrogen-bond acceptors (Lipinski definition) is 9. The van der Waals surface area contributed by atoms with Crippen molar-refractivity contribution in [3.05, 3.63) is 56.7 Å². The van der Waals surface area contributed by atoms with Crippen molar-refractivity contribution in [1.29, 1.82) is 0 Å². The Balaban J connectivity index is 0.000000180. The number of amides is 1. The fourth-order valence-electron chi connectivity index (χ4n) is 6.59. The fraction of sp³-hybridized carbons (Fsp3) is 0.576. The largest absolute Gasteiger partial charge is 0.467 e. The molecule has 6 heterocycles. The van der Waals surface area contributed by atoms with E-state index in [0.29, 0.717) is 56.0 Å². The molecule has 274 valence electrons. The van der Waals surface area contributed by atoms with Gasteiger partial charge in [-0.2, -0.15) is 28.2 Å². The van der Waals surface area contributed by atoms with E-state index in [4.69, 9.17) is 26.8 Å². The van der Waals surface area contributed by atoms with E-state index in [1.807, 2.05) is 4.68 Å². The predicted octanol–water partition coefficient (Wildman–Crippen LogP) is 5.45. The molecule has 2 atom stereocenters. The molecule has 0 aliphatic carbocycles. The second kappa shape index (κ2) is 15.6. The molecular weight excluding hydrogens is 687 g/mol. The first-order valence-electron chi connectivity index (χ1n) is 16.4. The first-order valence-corrected chi connectivity index (χ1v) is 16.8. The number of hydrogen-bond donors (Lipinski definition) is 1. The van der Waals surface area contributed by atoms with Crippen LogP contribution in [0.2, 0.25) is 5.02 Å². The number of fused-ring (bicyclic) bond motifs is 3. The maximum absolute atomic E-state index is 12.7. The molecule has 3 aromatic rings. The summed E-state index contributed by atoms with van der Waals surface area (Å²) < 4.78 is 74.5. The Kier molecular flexibility index (Phi) is 11.7. The van der Waals surface area contributed by atoms with Gasteiger partial charge in [-0.25, -0.2) is 8.78 Å². The summed E-state index contributed by atoms with van der Waals surface area (Å²) in [5.74, 6) is -0.447. The summed E-state index contributed by atoms with van der Waals surface area (Å²) >= 11 is 6.57. The van der Waals surface area contributed by atoms with Crippen molar-refractivity contribution in [2.24, 2.45) is 0 Å². The van der Waals surface area contributed by atoms with Gasteiger partial charge in [-0.3, -0.25) is 14.4 Å². The van der Waals surface area contributed by atoms with E-state index in [-0.39, 0.29) is 22.9 Å². The summed E-state index contributed by atoms with van der Waals surface area (Å²) in [6.07, 6.45) is -0.135. The maximum Gasteiger partial charge on any atom is 0.416 e. The van der Waals surface area contributed by atoms with Crippen LogP contribution in [-0.4, -0.2) is 95.1 Å². The molecule has 17 heteroatoms. The number of carbonyl (C=O) groups excluding carboxylic acids is 1. The number of anilines is 2. The third-order valence-electron chi connectivity index (χ3n) is 9.11. The molecule has 7 rings (SSSR count). The first kappa shape index (κ1) is 37.5. The van der Waals surface area contributed by atoms with Gasteiger partial charge in [0.2, 0.25) is 0 Å². The molecule has 50 heavy (non-hydrogen) atoms. The van der Waals surface area contributed by atoms with Crippen molar-refractivity contribution in [2.75, 3.05) is 58.1 Å². The minimum atomic E-state index is -4.53. The van der Waals surface area contributed by atoms with Gasteiger partial charge in [0.25, 0.3) is 5.91 Å². The molecular formula is C33H42ClF5N8O3. The Morgan fingerprint density at radius 1 is 1.16 bits per heavy atom. The van der Waals surface area contributed by atoms with Gasteiger partial charge in [0.15, 0.2) is 5.69 Å². The second-order valence-electron chi connectivity index (χ2n) is 12.9. The first-order chi connectivity index (χ1) is 23.7. The van der Waals surface area contributed by atoms with Crippen LogP contribution in [0.1, 0.15) is 64.2 Å². The van der Waals surface area contributed by atoms with E-state index in [1.54, 1.807) is 21.2 Å². The number of aryl methyl sites for hydroxylation is 2. The van der Waals surface area contributed by atoms with E-state index >= 15 is 0 Å². The molecule has 2 saturated heterocycles. The summed E-state index contributed by atoms with van der Waals surface area (Å²) in [5.41, 5.74) is 6.80. The van der Waals surface area contributed by atoms with E-state index in [0.717, 1.165) is 61.2 Å². The van der Waals surface area contributed by atoms with Crippen LogP contribution in [0.25, 0.3) is 0 Å². The summed E-state index contributed by atoms with van der Waals surface area (Å²) in [6, 6.07) is 2.34. The Labute approximate surface area is 292 Å². The molecule has 2 N–H and O–H groups in total. The van der Waals surface area contributed by atoms with Crippen LogP contribution in [-0.2, 0) is 37.0 Å². The normalized spacial score (nSPS) is 20.0. The minimum Gasteiger partial charge on any atom is -0.467 e. The van der Waals surface area contributed by atoms with Gasteiger partial charge in [0, 0.05) is 51.8 Å². The smallest absolute Gasteiger partial charge is 0.416 e. The highest BCUT2D eigenvalue weighted by atomic mass is 35.5. The molecule has 4 aliphatic heterocycles. The quantitative estimate of drug-likeness (QED) is 0.278. The van der Waals surface area contributed by atoms with Crippen LogP contribution in [0.4, 0.5) is 33.5 Å². The Morgan fingerprint density at radius 2 is 1.92 bits per heavy atom. The monoisotopic (exact) mass is 728 g/mol. The molecule has 11 nitrogen and oxygen atoms in total. The second-order valence-corrected chi connectivity index (χ2v) is 13.3. The number of rotatable bonds is 3. The lowest BCUT2D eigenvalue weighted by Gasteiger charge is -2.27. The summed E-state index contributed by atoms with van der Waals surface area (Å²) in [6.45, 7) is 6.17. The number of nitrogens with two attached hydrogens (primary N) is 1. The molecule has 2 aromatic heterocycles.